The molecular formula is C14H17NO3. The van der Waals surface area contributed by atoms with E-state index < -0.39 is 6.10 Å². The van der Waals surface area contributed by atoms with Gasteiger partial charge in [0.2, 0.25) is 0 Å². The Bertz CT molecular complexity index is 508. The number of carbonyl (C=O) groups is 2. The van der Waals surface area contributed by atoms with E-state index in [4.69, 9.17) is 0 Å². The predicted molar refractivity (Wildman–Crippen MR) is 67.4 cm³/mol. The zero-order valence-electron chi connectivity index (χ0n) is 10.8. The molecule has 1 aromatic carbocycles. The van der Waals surface area contributed by atoms with Gasteiger partial charge in [0, 0.05) is 0 Å². The molecule has 0 aromatic heterocycles. The molecule has 0 saturated carbocycles. The minimum atomic E-state index is -0.687. The van der Waals surface area contributed by atoms with Gasteiger partial charge in [0.1, 0.15) is 0 Å². The van der Waals surface area contributed by atoms with Gasteiger partial charge in [-0.1, -0.05) is 25.5 Å². The standard InChI is InChI=1S/C14H17NO3/c1-8(2)12(16)7-15-13(17)10-5-4-9(3)6-11(10)14(15)18/h4-6,8,12,16H,7H2,1-3H3. The lowest BCUT2D eigenvalue weighted by Gasteiger charge is -2.20. The third-order valence-electron chi connectivity index (χ3n) is 3.27. The summed E-state index contributed by atoms with van der Waals surface area (Å²) in [4.78, 5) is 25.3. The molecule has 0 spiro atoms. The Morgan fingerprint density at radius 2 is 1.78 bits per heavy atom. The van der Waals surface area contributed by atoms with Crippen molar-refractivity contribution >= 4 is 11.8 Å². The lowest BCUT2D eigenvalue weighted by Crippen LogP contribution is -2.38. The second kappa shape index (κ2) is 4.53. The number of fused-ring (bicyclic) bond motifs is 1. The van der Waals surface area contributed by atoms with Crippen molar-refractivity contribution in [3.63, 3.8) is 0 Å². The maximum absolute atomic E-state index is 12.1. The van der Waals surface area contributed by atoms with Crippen molar-refractivity contribution in [3.8, 4) is 0 Å². The van der Waals surface area contributed by atoms with E-state index in [1.807, 2.05) is 26.8 Å². The van der Waals surface area contributed by atoms with Crippen LogP contribution >= 0.6 is 0 Å². The Hall–Kier alpha value is -1.68. The summed E-state index contributed by atoms with van der Waals surface area (Å²) >= 11 is 0. The molecule has 1 aliphatic rings. The third-order valence-corrected chi connectivity index (χ3v) is 3.27. The number of nitrogens with zero attached hydrogens (tertiary/aromatic N) is 1. The highest BCUT2D eigenvalue weighted by Gasteiger charge is 2.36. The van der Waals surface area contributed by atoms with Gasteiger partial charge in [-0.3, -0.25) is 14.5 Å². The van der Waals surface area contributed by atoms with Crippen LogP contribution in [0.5, 0.6) is 0 Å². The number of β-amino-alcohol motifs (C(OH)–C–C–N with tert-alkyl or cyclic N) is 1. The molecule has 1 unspecified atom stereocenters. The Morgan fingerprint density at radius 3 is 2.39 bits per heavy atom. The Kier molecular flexibility index (Phi) is 3.22. The molecule has 1 N–H and O–H groups in total. The van der Waals surface area contributed by atoms with E-state index in [0.29, 0.717) is 11.1 Å². The first-order valence-electron chi connectivity index (χ1n) is 6.06. The van der Waals surface area contributed by atoms with Crippen molar-refractivity contribution in [3.05, 3.63) is 34.9 Å². The predicted octanol–water partition coefficient (Wildman–Crippen LogP) is 1.61. The van der Waals surface area contributed by atoms with Gasteiger partial charge in [-0.05, 0) is 25.0 Å². The number of carbonyl (C=O) groups excluding carboxylic acids is 2. The third kappa shape index (κ3) is 2.04. The van der Waals surface area contributed by atoms with Gasteiger partial charge >= 0.3 is 0 Å². The number of aliphatic hydroxyl groups excluding tert-OH is 1. The molecule has 0 saturated heterocycles. The minimum Gasteiger partial charge on any atom is -0.391 e. The number of hydrogen-bond acceptors (Lipinski definition) is 3. The second-order valence-corrected chi connectivity index (χ2v) is 5.08. The fourth-order valence-corrected chi connectivity index (χ4v) is 1.97. The average Bonchev–Trinajstić information content (AvgIpc) is 2.54. The Balaban J connectivity index is 2.29. The fourth-order valence-electron chi connectivity index (χ4n) is 1.97. The summed E-state index contributed by atoms with van der Waals surface area (Å²) < 4.78 is 0. The van der Waals surface area contributed by atoms with Crippen LogP contribution in [0.2, 0.25) is 0 Å². The largest absolute Gasteiger partial charge is 0.391 e. The van der Waals surface area contributed by atoms with Crippen LogP contribution in [0.4, 0.5) is 0 Å². The van der Waals surface area contributed by atoms with E-state index >= 15 is 0 Å². The molecule has 18 heavy (non-hydrogen) atoms. The van der Waals surface area contributed by atoms with Crippen molar-refractivity contribution in [2.24, 2.45) is 5.92 Å². The molecule has 4 nitrogen and oxygen atoms in total. The molecule has 2 rings (SSSR count). The maximum Gasteiger partial charge on any atom is 0.261 e. The van der Waals surface area contributed by atoms with Crippen LogP contribution in [-0.4, -0.2) is 34.5 Å². The summed E-state index contributed by atoms with van der Waals surface area (Å²) in [5, 5.41) is 9.81. The number of aryl methyl sites for hydroxylation is 1. The van der Waals surface area contributed by atoms with Crippen molar-refractivity contribution in [1.29, 1.82) is 0 Å². The molecule has 0 fully saturated rings. The van der Waals surface area contributed by atoms with E-state index in [1.54, 1.807) is 12.1 Å². The highest BCUT2D eigenvalue weighted by molar-refractivity contribution is 6.21. The maximum atomic E-state index is 12.1. The quantitative estimate of drug-likeness (QED) is 0.825. The van der Waals surface area contributed by atoms with Crippen molar-refractivity contribution in [1.82, 2.24) is 4.90 Å². The minimum absolute atomic E-state index is 0.0102. The van der Waals surface area contributed by atoms with Gasteiger partial charge in [-0.15, -0.1) is 0 Å². The Labute approximate surface area is 106 Å². The molecule has 0 radical (unpaired) electrons. The first-order chi connectivity index (χ1) is 8.41. The average molecular weight is 247 g/mol. The summed E-state index contributed by atoms with van der Waals surface area (Å²) in [6.07, 6.45) is -0.687. The van der Waals surface area contributed by atoms with Crippen LogP contribution < -0.4 is 0 Å². The zero-order valence-corrected chi connectivity index (χ0v) is 10.8. The van der Waals surface area contributed by atoms with E-state index in [1.165, 1.54) is 0 Å². The molecule has 0 bridgehead atoms. The number of benzene rings is 1. The molecule has 96 valence electrons. The van der Waals surface area contributed by atoms with Gasteiger partial charge in [0.15, 0.2) is 0 Å². The number of imide groups is 1. The van der Waals surface area contributed by atoms with Crippen LogP contribution in [0, 0.1) is 12.8 Å². The van der Waals surface area contributed by atoms with Crippen LogP contribution in [0.1, 0.15) is 40.1 Å². The smallest absolute Gasteiger partial charge is 0.261 e. The van der Waals surface area contributed by atoms with Crippen molar-refractivity contribution in [2.45, 2.75) is 26.9 Å². The summed E-state index contributed by atoms with van der Waals surface area (Å²) in [6.45, 7) is 5.65. The number of rotatable bonds is 3. The van der Waals surface area contributed by atoms with Gasteiger partial charge < -0.3 is 5.11 Å². The lowest BCUT2D eigenvalue weighted by molar-refractivity contribution is 0.0471. The first-order valence-corrected chi connectivity index (χ1v) is 6.06. The topological polar surface area (TPSA) is 57.6 Å². The van der Waals surface area contributed by atoms with Gasteiger partial charge in [0.05, 0.1) is 23.8 Å². The molecule has 2 amide bonds. The van der Waals surface area contributed by atoms with Crippen molar-refractivity contribution < 1.29 is 14.7 Å². The summed E-state index contributed by atoms with van der Waals surface area (Å²) in [6, 6.07) is 5.20. The SMILES string of the molecule is Cc1ccc2c(c1)C(=O)N(CC(O)C(C)C)C2=O. The Morgan fingerprint density at radius 1 is 1.17 bits per heavy atom. The second-order valence-electron chi connectivity index (χ2n) is 5.08. The van der Waals surface area contributed by atoms with Gasteiger partial charge in [-0.2, -0.15) is 0 Å². The highest BCUT2D eigenvalue weighted by atomic mass is 16.3. The zero-order chi connectivity index (χ0) is 13.4. The van der Waals surface area contributed by atoms with E-state index in [-0.39, 0.29) is 24.3 Å². The van der Waals surface area contributed by atoms with Crippen LogP contribution in [0.3, 0.4) is 0 Å². The summed E-state index contributed by atoms with van der Waals surface area (Å²) in [5.74, 6) is -0.607. The number of aliphatic hydroxyl groups is 1. The first kappa shape index (κ1) is 12.8. The normalized spacial score (nSPS) is 16.4. The monoisotopic (exact) mass is 247 g/mol. The number of hydrogen-bond donors (Lipinski definition) is 1. The molecule has 1 atom stereocenters. The van der Waals surface area contributed by atoms with Crippen LogP contribution in [0.25, 0.3) is 0 Å². The van der Waals surface area contributed by atoms with Gasteiger partial charge in [0.25, 0.3) is 11.8 Å². The van der Waals surface area contributed by atoms with Crippen LogP contribution in [-0.2, 0) is 0 Å². The molecule has 0 aliphatic carbocycles. The van der Waals surface area contributed by atoms with Gasteiger partial charge in [-0.25, -0.2) is 0 Å². The molecular weight excluding hydrogens is 230 g/mol. The van der Waals surface area contributed by atoms with Crippen LogP contribution in [0.15, 0.2) is 18.2 Å². The molecule has 1 aliphatic heterocycles. The fraction of sp³-hybridized carbons (Fsp3) is 0.429. The van der Waals surface area contributed by atoms with E-state index in [9.17, 15) is 14.7 Å². The molecule has 1 heterocycles. The molecule has 4 heteroatoms. The highest BCUT2D eigenvalue weighted by Crippen LogP contribution is 2.24. The summed E-state index contributed by atoms with van der Waals surface area (Å²) in [5.41, 5.74) is 1.82. The molecule has 1 aromatic rings. The number of amides is 2. The lowest BCUT2D eigenvalue weighted by atomic mass is 10.1. The van der Waals surface area contributed by atoms with E-state index in [2.05, 4.69) is 0 Å². The summed E-state index contributed by atoms with van der Waals surface area (Å²) in [7, 11) is 0. The van der Waals surface area contributed by atoms with E-state index in [0.717, 1.165) is 10.5 Å². The van der Waals surface area contributed by atoms with Crippen molar-refractivity contribution in [2.75, 3.05) is 6.54 Å².